The van der Waals surface area contributed by atoms with Gasteiger partial charge in [0.05, 0.1) is 0 Å². The minimum Gasteiger partial charge on any atom is -0.310 e. The van der Waals surface area contributed by atoms with Crippen LogP contribution in [0.1, 0.15) is 29.7 Å². The van der Waals surface area contributed by atoms with Crippen LogP contribution in [0.25, 0.3) is 0 Å². The van der Waals surface area contributed by atoms with Gasteiger partial charge in [0, 0.05) is 17.6 Å². The molecule has 3 heteroatoms. The standard InChI is InChI=1S/C10H16N2S/c1-2-9-6-12-10(13-9)7-11-5-8-3-4-8/h6,8,11H,2-5,7H2,1H3. The molecule has 1 fully saturated rings. The van der Waals surface area contributed by atoms with Crippen LogP contribution in [0.2, 0.25) is 0 Å². The molecule has 1 heterocycles. The van der Waals surface area contributed by atoms with Crippen LogP contribution in [0, 0.1) is 5.92 Å². The van der Waals surface area contributed by atoms with E-state index in [0.29, 0.717) is 0 Å². The Kier molecular flexibility index (Phi) is 2.96. The van der Waals surface area contributed by atoms with Gasteiger partial charge in [0.25, 0.3) is 0 Å². The first kappa shape index (κ1) is 9.16. The summed E-state index contributed by atoms with van der Waals surface area (Å²) in [6.45, 7) is 4.32. The molecule has 1 aliphatic carbocycles. The van der Waals surface area contributed by atoms with E-state index < -0.39 is 0 Å². The molecule has 0 aliphatic heterocycles. The van der Waals surface area contributed by atoms with Crippen molar-refractivity contribution in [2.45, 2.75) is 32.7 Å². The molecule has 1 aromatic heterocycles. The van der Waals surface area contributed by atoms with Crippen molar-refractivity contribution >= 4 is 11.3 Å². The van der Waals surface area contributed by atoms with Gasteiger partial charge in [-0.25, -0.2) is 4.98 Å². The molecule has 0 atom stereocenters. The molecule has 1 aromatic rings. The molecular formula is C10H16N2S. The zero-order valence-corrected chi connectivity index (χ0v) is 8.86. The van der Waals surface area contributed by atoms with Crippen molar-refractivity contribution in [3.8, 4) is 0 Å². The van der Waals surface area contributed by atoms with Gasteiger partial charge in [0.2, 0.25) is 0 Å². The smallest absolute Gasteiger partial charge is 0.107 e. The van der Waals surface area contributed by atoms with E-state index >= 15 is 0 Å². The first-order chi connectivity index (χ1) is 6.38. The van der Waals surface area contributed by atoms with Crippen molar-refractivity contribution < 1.29 is 0 Å². The highest BCUT2D eigenvalue weighted by Crippen LogP contribution is 2.27. The molecule has 2 nitrogen and oxygen atoms in total. The molecule has 0 unspecified atom stereocenters. The monoisotopic (exact) mass is 196 g/mol. The molecule has 2 rings (SSSR count). The number of nitrogens with zero attached hydrogens (tertiary/aromatic N) is 1. The van der Waals surface area contributed by atoms with Gasteiger partial charge in [-0.2, -0.15) is 0 Å². The molecule has 0 spiro atoms. The molecule has 0 radical (unpaired) electrons. The Labute approximate surface area is 83.4 Å². The summed E-state index contributed by atoms with van der Waals surface area (Å²) < 4.78 is 0. The Morgan fingerprint density at radius 3 is 3.08 bits per heavy atom. The average Bonchev–Trinajstić information content (AvgIpc) is 2.84. The number of aromatic nitrogens is 1. The average molecular weight is 196 g/mol. The molecule has 0 aromatic carbocycles. The normalized spacial score (nSPS) is 16.4. The van der Waals surface area contributed by atoms with Crippen LogP contribution in [0.15, 0.2) is 6.20 Å². The minimum atomic E-state index is 0.959. The number of hydrogen-bond acceptors (Lipinski definition) is 3. The fourth-order valence-corrected chi connectivity index (χ4v) is 2.13. The fourth-order valence-electron chi connectivity index (χ4n) is 1.30. The zero-order valence-electron chi connectivity index (χ0n) is 8.05. The molecule has 0 bridgehead atoms. The second-order valence-corrected chi connectivity index (χ2v) is 4.85. The molecule has 0 amide bonds. The van der Waals surface area contributed by atoms with Crippen LogP contribution >= 0.6 is 11.3 Å². The second kappa shape index (κ2) is 4.20. The van der Waals surface area contributed by atoms with E-state index in [0.717, 1.165) is 18.9 Å². The topological polar surface area (TPSA) is 24.9 Å². The summed E-state index contributed by atoms with van der Waals surface area (Å²) in [5.41, 5.74) is 0. The van der Waals surface area contributed by atoms with Crippen LogP contribution in [0.5, 0.6) is 0 Å². The number of nitrogens with one attached hydrogen (secondary N) is 1. The van der Waals surface area contributed by atoms with Gasteiger partial charge >= 0.3 is 0 Å². The first-order valence-corrected chi connectivity index (χ1v) is 5.84. The van der Waals surface area contributed by atoms with Gasteiger partial charge in [0.1, 0.15) is 5.01 Å². The van der Waals surface area contributed by atoms with Crippen molar-refractivity contribution in [2.24, 2.45) is 5.92 Å². The highest BCUT2D eigenvalue weighted by molar-refractivity contribution is 7.11. The van der Waals surface area contributed by atoms with E-state index in [1.807, 2.05) is 17.5 Å². The van der Waals surface area contributed by atoms with E-state index in [1.54, 1.807) is 0 Å². The van der Waals surface area contributed by atoms with Crippen LogP contribution in [-0.4, -0.2) is 11.5 Å². The third kappa shape index (κ3) is 2.78. The van der Waals surface area contributed by atoms with E-state index in [2.05, 4.69) is 17.2 Å². The van der Waals surface area contributed by atoms with E-state index in [1.165, 1.54) is 29.3 Å². The molecular weight excluding hydrogens is 180 g/mol. The number of hydrogen-bond donors (Lipinski definition) is 1. The van der Waals surface area contributed by atoms with Gasteiger partial charge in [0.15, 0.2) is 0 Å². The van der Waals surface area contributed by atoms with E-state index in [-0.39, 0.29) is 0 Å². The lowest BCUT2D eigenvalue weighted by atomic mass is 10.4. The third-order valence-electron chi connectivity index (χ3n) is 2.36. The van der Waals surface area contributed by atoms with Gasteiger partial charge in [-0.15, -0.1) is 11.3 Å². The van der Waals surface area contributed by atoms with Gasteiger partial charge in [-0.1, -0.05) is 6.92 Å². The molecule has 1 saturated carbocycles. The van der Waals surface area contributed by atoms with Crippen molar-refractivity contribution in [2.75, 3.05) is 6.54 Å². The van der Waals surface area contributed by atoms with Crippen molar-refractivity contribution in [1.29, 1.82) is 0 Å². The lowest BCUT2D eigenvalue weighted by Crippen LogP contribution is -2.15. The SMILES string of the molecule is CCc1cnc(CNCC2CC2)s1. The Morgan fingerprint density at radius 1 is 1.62 bits per heavy atom. The van der Waals surface area contributed by atoms with E-state index in [9.17, 15) is 0 Å². The summed E-state index contributed by atoms with van der Waals surface area (Å²) >= 11 is 1.83. The van der Waals surface area contributed by atoms with Gasteiger partial charge < -0.3 is 5.32 Å². The molecule has 0 saturated heterocycles. The maximum Gasteiger partial charge on any atom is 0.107 e. The number of aryl methyl sites for hydroxylation is 1. The quantitative estimate of drug-likeness (QED) is 0.781. The predicted molar refractivity (Wildman–Crippen MR) is 55.9 cm³/mol. The van der Waals surface area contributed by atoms with Crippen LogP contribution < -0.4 is 5.32 Å². The second-order valence-electron chi connectivity index (χ2n) is 3.65. The highest BCUT2D eigenvalue weighted by Gasteiger charge is 2.20. The maximum atomic E-state index is 4.36. The summed E-state index contributed by atoms with van der Waals surface area (Å²) in [5.74, 6) is 0.964. The van der Waals surface area contributed by atoms with Gasteiger partial charge in [-0.05, 0) is 31.7 Å². The van der Waals surface area contributed by atoms with Crippen molar-refractivity contribution in [3.05, 3.63) is 16.1 Å². The van der Waals surface area contributed by atoms with Crippen molar-refractivity contribution in [3.63, 3.8) is 0 Å². The van der Waals surface area contributed by atoms with Crippen LogP contribution in [0.3, 0.4) is 0 Å². The Hall–Kier alpha value is -0.410. The Bertz CT molecular complexity index is 266. The first-order valence-electron chi connectivity index (χ1n) is 5.02. The summed E-state index contributed by atoms with van der Waals surface area (Å²) in [6.07, 6.45) is 5.95. The summed E-state index contributed by atoms with van der Waals surface area (Å²) in [7, 11) is 0. The minimum absolute atomic E-state index is 0.959. The van der Waals surface area contributed by atoms with Crippen LogP contribution in [-0.2, 0) is 13.0 Å². The maximum absolute atomic E-state index is 4.36. The lowest BCUT2D eigenvalue weighted by molar-refractivity contribution is 0.637. The molecule has 1 N–H and O–H groups in total. The lowest BCUT2D eigenvalue weighted by Gasteiger charge is -1.98. The largest absolute Gasteiger partial charge is 0.310 e. The van der Waals surface area contributed by atoms with E-state index in [4.69, 9.17) is 0 Å². The Morgan fingerprint density at radius 2 is 2.46 bits per heavy atom. The highest BCUT2D eigenvalue weighted by atomic mass is 32.1. The van der Waals surface area contributed by atoms with Crippen molar-refractivity contribution in [1.82, 2.24) is 10.3 Å². The van der Waals surface area contributed by atoms with Gasteiger partial charge in [-0.3, -0.25) is 0 Å². The zero-order chi connectivity index (χ0) is 9.10. The summed E-state index contributed by atoms with van der Waals surface area (Å²) in [4.78, 5) is 5.75. The molecule has 1 aliphatic rings. The predicted octanol–water partition coefficient (Wildman–Crippen LogP) is 2.21. The summed E-state index contributed by atoms with van der Waals surface area (Å²) in [5, 5.41) is 4.68. The van der Waals surface area contributed by atoms with Crippen LogP contribution in [0.4, 0.5) is 0 Å². The molecule has 13 heavy (non-hydrogen) atoms. The number of thiazole rings is 1. The Balaban J connectivity index is 1.72. The third-order valence-corrected chi connectivity index (χ3v) is 3.50. The fraction of sp³-hybridized carbons (Fsp3) is 0.700. The molecule has 72 valence electrons. The number of rotatable bonds is 5. The summed E-state index contributed by atoms with van der Waals surface area (Å²) in [6, 6.07) is 0.